The zero-order valence-corrected chi connectivity index (χ0v) is 10.4. The van der Waals surface area contributed by atoms with Crippen LogP contribution in [0.1, 0.15) is 5.69 Å². The standard InChI is InChI=1S/C14H14N4/c1-9-3-8-12-14(16-9)18-13(17-12)10-4-6-11(15-2)7-5-10/h3-8,15H,1-2H3,(H,16,17,18). The Hall–Kier alpha value is -2.36. The molecule has 4 nitrogen and oxygen atoms in total. The van der Waals surface area contributed by atoms with E-state index in [1.165, 1.54) is 0 Å². The number of imidazole rings is 1. The molecule has 0 unspecified atom stereocenters. The summed E-state index contributed by atoms with van der Waals surface area (Å²) in [7, 11) is 1.91. The molecule has 3 aromatic rings. The molecule has 4 heteroatoms. The topological polar surface area (TPSA) is 53.6 Å². The number of hydrogen-bond acceptors (Lipinski definition) is 3. The average Bonchev–Trinajstić information content (AvgIpc) is 2.81. The number of H-pyrrole nitrogens is 1. The van der Waals surface area contributed by atoms with Crippen LogP contribution in [0.15, 0.2) is 36.4 Å². The molecule has 0 aliphatic carbocycles. The molecule has 3 rings (SSSR count). The van der Waals surface area contributed by atoms with Gasteiger partial charge in [-0.05, 0) is 43.3 Å². The highest BCUT2D eigenvalue weighted by Crippen LogP contribution is 2.21. The highest BCUT2D eigenvalue weighted by atomic mass is 15.0. The fourth-order valence-electron chi connectivity index (χ4n) is 1.92. The predicted molar refractivity (Wildman–Crippen MR) is 73.6 cm³/mol. The molecule has 90 valence electrons. The molecule has 2 N–H and O–H groups in total. The van der Waals surface area contributed by atoms with E-state index in [0.29, 0.717) is 0 Å². The molecule has 0 saturated carbocycles. The third-order valence-electron chi connectivity index (χ3n) is 2.93. The summed E-state index contributed by atoms with van der Waals surface area (Å²) in [6.07, 6.45) is 0. The van der Waals surface area contributed by atoms with Gasteiger partial charge in [0.15, 0.2) is 5.65 Å². The molecule has 0 bridgehead atoms. The highest BCUT2D eigenvalue weighted by molar-refractivity contribution is 5.76. The Bertz CT molecular complexity index is 683. The normalized spacial score (nSPS) is 10.8. The Kier molecular flexibility index (Phi) is 2.48. The second-order valence-corrected chi connectivity index (χ2v) is 4.24. The third-order valence-corrected chi connectivity index (χ3v) is 2.93. The van der Waals surface area contributed by atoms with Gasteiger partial charge < -0.3 is 10.3 Å². The number of aryl methyl sites for hydroxylation is 1. The lowest BCUT2D eigenvalue weighted by Crippen LogP contribution is -1.87. The summed E-state index contributed by atoms with van der Waals surface area (Å²) in [5, 5.41) is 3.10. The summed E-state index contributed by atoms with van der Waals surface area (Å²) in [6.45, 7) is 1.97. The van der Waals surface area contributed by atoms with Crippen molar-refractivity contribution in [3.05, 3.63) is 42.1 Å². The minimum Gasteiger partial charge on any atom is -0.388 e. The Morgan fingerprint density at radius 3 is 2.50 bits per heavy atom. The van der Waals surface area contributed by atoms with Crippen molar-refractivity contribution in [2.45, 2.75) is 6.92 Å². The minimum atomic E-state index is 0.766. The van der Waals surface area contributed by atoms with Crippen molar-refractivity contribution in [1.82, 2.24) is 15.0 Å². The van der Waals surface area contributed by atoms with E-state index >= 15 is 0 Å². The maximum Gasteiger partial charge on any atom is 0.178 e. The number of pyridine rings is 1. The van der Waals surface area contributed by atoms with Crippen molar-refractivity contribution in [2.75, 3.05) is 12.4 Å². The average molecular weight is 238 g/mol. The lowest BCUT2D eigenvalue weighted by Gasteiger charge is -2.00. The molecule has 0 atom stereocenters. The van der Waals surface area contributed by atoms with Crippen molar-refractivity contribution in [2.24, 2.45) is 0 Å². The maximum atomic E-state index is 4.51. The van der Waals surface area contributed by atoms with Gasteiger partial charge in [0, 0.05) is 24.0 Å². The fourth-order valence-corrected chi connectivity index (χ4v) is 1.92. The summed E-state index contributed by atoms with van der Waals surface area (Å²) in [6, 6.07) is 12.1. The van der Waals surface area contributed by atoms with E-state index in [1.54, 1.807) is 0 Å². The van der Waals surface area contributed by atoms with E-state index in [0.717, 1.165) is 33.9 Å². The van der Waals surface area contributed by atoms with Gasteiger partial charge in [-0.25, -0.2) is 9.97 Å². The fraction of sp³-hybridized carbons (Fsp3) is 0.143. The quantitative estimate of drug-likeness (QED) is 0.721. The zero-order valence-electron chi connectivity index (χ0n) is 10.4. The second kappa shape index (κ2) is 4.14. The Morgan fingerprint density at radius 2 is 1.78 bits per heavy atom. The Labute approximate surface area is 105 Å². The van der Waals surface area contributed by atoms with E-state index in [4.69, 9.17) is 0 Å². The van der Waals surface area contributed by atoms with Gasteiger partial charge in [0.05, 0.1) is 5.52 Å². The maximum absolute atomic E-state index is 4.51. The van der Waals surface area contributed by atoms with Crippen LogP contribution in [0.4, 0.5) is 5.69 Å². The number of aromatic nitrogens is 3. The van der Waals surface area contributed by atoms with Gasteiger partial charge in [-0.3, -0.25) is 0 Å². The van der Waals surface area contributed by atoms with Crippen molar-refractivity contribution in [1.29, 1.82) is 0 Å². The molecule has 1 aromatic carbocycles. The zero-order chi connectivity index (χ0) is 12.5. The molecule has 18 heavy (non-hydrogen) atoms. The first-order chi connectivity index (χ1) is 8.76. The molecule has 0 aliphatic heterocycles. The van der Waals surface area contributed by atoms with E-state index < -0.39 is 0 Å². The molecule has 2 heterocycles. The first kappa shape index (κ1) is 10.8. The summed E-state index contributed by atoms with van der Waals surface area (Å²) in [4.78, 5) is 12.2. The van der Waals surface area contributed by atoms with Crippen molar-refractivity contribution in [3.63, 3.8) is 0 Å². The smallest absolute Gasteiger partial charge is 0.178 e. The first-order valence-corrected chi connectivity index (χ1v) is 5.88. The van der Waals surface area contributed by atoms with Crippen molar-refractivity contribution < 1.29 is 0 Å². The number of nitrogens with one attached hydrogen (secondary N) is 2. The number of nitrogens with zero attached hydrogens (tertiary/aromatic N) is 2. The van der Waals surface area contributed by atoms with Crippen LogP contribution >= 0.6 is 0 Å². The van der Waals surface area contributed by atoms with Crippen LogP contribution in [-0.4, -0.2) is 22.0 Å². The van der Waals surface area contributed by atoms with Gasteiger partial charge in [0.2, 0.25) is 0 Å². The number of fused-ring (bicyclic) bond motifs is 1. The largest absolute Gasteiger partial charge is 0.388 e. The Morgan fingerprint density at radius 1 is 1.00 bits per heavy atom. The molecule has 0 amide bonds. The van der Waals surface area contributed by atoms with Gasteiger partial charge in [-0.1, -0.05) is 0 Å². The first-order valence-electron chi connectivity index (χ1n) is 5.88. The molecular weight excluding hydrogens is 224 g/mol. The number of hydrogen-bond donors (Lipinski definition) is 2. The third kappa shape index (κ3) is 1.82. The molecular formula is C14H14N4. The van der Waals surface area contributed by atoms with Crippen LogP contribution in [0.2, 0.25) is 0 Å². The van der Waals surface area contributed by atoms with Crippen molar-refractivity contribution in [3.8, 4) is 11.4 Å². The number of anilines is 1. The van der Waals surface area contributed by atoms with E-state index in [2.05, 4.69) is 20.3 Å². The molecule has 0 fully saturated rings. The summed E-state index contributed by atoms with van der Waals surface area (Å²) >= 11 is 0. The van der Waals surface area contributed by atoms with E-state index in [9.17, 15) is 0 Å². The van der Waals surface area contributed by atoms with Crippen LogP contribution in [0.3, 0.4) is 0 Å². The minimum absolute atomic E-state index is 0.766. The molecule has 0 saturated heterocycles. The predicted octanol–water partition coefficient (Wildman–Crippen LogP) is 2.98. The van der Waals surface area contributed by atoms with Crippen LogP contribution < -0.4 is 5.32 Å². The van der Waals surface area contributed by atoms with Crippen LogP contribution in [0, 0.1) is 6.92 Å². The van der Waals surface area contributed by atoms with Gasteiger partial charge in [-0.2, -0.15) is 0 Å². The summed E-state index contributed by atoms with van der Waals surface area (Å²) in [5.41, 5.74) is 4.86. The van der Waals surface area contributed by atoms with Gasteiger partial charge in [0.25, 0.3) is 0 Å². The van der Waals surface area contributed by atoms with Gasteiger partial charge in [-0.15, -0.1) is 0 Å². The van der Waals surface area contributed by atoms with Crippen LogP contribution in [0.5, 0.6) is 0 Å². The monoisotopic (exact) mass is 238 g/mol. The van der Waals surface area contributed by atoms with E-state index in [1.807, 2.05) is 50.4 Å². The SMILES string of the molecule is CNc1ccc(-c2nc3nc(C)ccc3[nH]2)cc1. The second-order valence-electron chi connectivity index (χ2n) is 4.24. The lowest BCUT2D eigenvalue weighted by atomic mass is 10.2. The molecule has 0 radical (unpaired) electrons. The molecule has 2 aromatic heterocycles. The van der Waals surface area contributed by atoms with Gasteiger partial charge >= 0.3 is 0 Å². The molecule has 0 spiro atoms. The highest BCUT2D eigenvalue weighted by Gasteiger charge is 2.06. The molecule has 0 aliphatic rings. The van der Waals surface area contributed by atoms with E-state index in [-0.39, 0.29) is 0 Å². The van der Waals surface area contributed by atoms with Crippen LogP contribution in [0.25, 0.3) is 22.6 Å². The Balaban J connectivity index is 2.07. The number of aromatic amines is 1. The van der Waals surface area contributed by atoms with Gasteiger partial charge in [0.1, 0.15) is 5.82 Å². The summed E-state index contributed by atoms with van der Waals surface area (Å²) < 4.78 is 0. The number of rotatable bonds is 2. The summed E-state index contributed by atoms with van der Waals surface area (Å²) in [5.74, 6) is 0.853. The number of benzene rings is 1. The van der Waals surface area contributed by atoms with Crippen molar-refractivity contribution >= 4 is 16.9 Å². The van der Waals surface area contributed by atoms with Crippen LogP contribution in [-0.2, 0) is 0 Å². The lowest BCUT2D eigenvalue weighted by molar-refractivity contribution is 1.22.